The molecule has 3 rings (SSSR count). The lowest BCUT2D eigenvalue weighted by Crippen LogP contribution is -2.53. The number of para-hydroxylation sites is 1. The molecule has 0 saturated carbocycles. The number of carbonyl (C=O) groups excluding carboxylic acids is 1. The van der Waals surface area contributed by atoms with Crippen molar-refractivity contribution < 1.29 is 9.18 Å². The Morgan fingerprint density at radius 2 is 2.13 bits per heavy atom. The zero-order valence-electron chi connectivity index (χ0n) is 13.4. The van der Waals surface area contributed by atoms with Crippen molar-refractivity contribution >= 4 is 11.7 Å². The molecule has 5 nitrogen and oxygen atoms in total. The summed E-state index contributed by atoms with van der Waals surface area (Å²) in [6, 6.07) is 5.94. The standard InChI is InChI=1S/C17H21FN4O/c1-12(2)16-19-7-8-21(16)9-13-10-22(11-13)17(23)20-15-6-4-3-5-14(15)18/h3-8,12-13H,9-11H2,1-2H3,(H,20,23). The summed E-state index contributed by atoms with van der Waals surface area (Å²) in [6.07, 6.45) is 3.80. The Kier molecular flexibility index (Phi) is 4.32. The second kappa shape index (κ2) is 6.40. The van der Waals surface area contributed by atoms with Gasteiger partial charge in [0, 0.05) is 43.9 Å². The lowest BCUT2D eigenvalue weighted by molar-refractivity contribution is 0.119. The Morgan fingerprint density at radius 3 is 2.83 bits per heavy atom. The molecule has 2 heterocycles. The van der Waals surface area contributed by atoms with Gasteiger partial charge < -0.3 is 14.8 Å². The summed E-state index contributed by atoms with van der Waals surface area (Å²) in [5.74, 6) is 1.44. The van der Waals surface area contributed by atoms with E-state index >= 15 is 0 Å². The van der Waals surface area contributed by atoms with Gasteiger partial charge in [-0.3, -0.25) is 0 Å². The maximum absolute atomic E-state index is 13.5. The highest BCUT2D eigenvalue weighted by molar-refractivity contribution is 5.89. The molecule has 2 amide bonds. The third-order valence-electron chi connectivity index (χ3n) is 4.08. The Balaban J connectivity index is 1.52. The highest BCUT2D eigenvalue weighted by Gasteiger charge is 2.31. The van der Waals surface area contributed by atoms with Gasteiger partial charge >= 0.3 is 6.03 Å². The number of nitrogens with one attached hydrogen (secondary N) is 1. The molecule has 23 heavy (non-hydrogen) atoms. The predicted octanol–water partition coefficient (Wildman–Crippen LogP) is 3.31. The summed E-state index contributed by atoms with van der Waals surface area (Å²) >= 11 is 0. The van der Waals surface area contributed by atoms with Crippen LogP contribution in [0.2, 0.25) is 0 Å². The van der Waals surface area contributed by atoms with E-state index in [1.54, 1.807) is 23.1 Å². The van der Waals surface area contributed by atoms with Gasteiger partial charge in [0.25, 0.3) is 0 Å². The van der Waals surface area contributed by atoms with Gasteiger partial charge in [-0.1, -0.05) is 26.0 Å². The van der Waals surface area contributed by atoms with E-state index in [-0.39, 0.29) is 11.7 Å². The maximum Gasteiger partial charge on any atom is 0.321 e. The van der Waals surface area contributed by atoms with E-state index in [0.717, 1.165) is 12.4 Å². The van der Waals surface area contributed by atoms with Crippen LogP contribution in [0.15, 0.2) is 36.7 Å². The Labute approximate surface area is 135 Å². The lowest BCUT2D eigenvalue weighted by Gasteiger charge is -2.39. The Morgan fingerprint density at radius 1 is 1.39 bits per heavy atom. The third kappa shape index (κ3) is 3.36. The number of hydrogen-bond acceptors (Lipinski definition) is 2. The van der Waals surface area contributed by atoms with Crippen molar-refractivity contribution in [3.63, 3.8) is 0 Å². The molecule has 0 radical (unpaired) electrons. The number of nitrogens with zero attached hydrogens (tertiary/aromatic N) is 3. The molecule has 0 unspecified atom stereocenters. The van der Waals surface area contributed by atoms with Crippen LogP contribution in [-0.2, 0) is 6.54 Å². The number of urea groups is 1. The summed E-state index contributed by atoms with van der Waals surface area (Å²) in [7, 11) is 0. The van der Waals surface area contributed by atoms with E-state index < -0.39 is 5.82 Å². The van der Waals surface area contributed by atoms with Gasteiger partial charge in [0.1, 0.15) is 11.6 Å². The first-order chi connectivity index (χ1) is 11.0. The first kappa shape index (κ1) is 15.5. The molecule has 122 valence electrons. The van der Waals surface area contributed by atoms with Crippen molar-refractivity contribution in [3.8, 4) is 0 Å². The van der Waals surface area contributed by atoms with Crippen LogP contribution in [0.1, 0.15) is 25.6 Å². The highest BCUT2D eigenvalue weighted by atomic mass is 19.1. The fourth-order valence-corrected chi connectivity index (χ4v) is 2.86. The molecule has 1 aromatic carbocycles. The van der Waals surface area contributed by atoms with Gasteiger partial charge in [0.15, 0.2) is 0 Å². The molecular weight excluding hydrogens is 295 g/mol. The molecule has 0 spiro atoms. The van der Waals surface area contributed by atoms with Crippen LogP contribution in [-0.4, -0.2) is 33.6 Å². The molecule has 1 aliphatic rings. The Hall–Kier alpha value is -2.37. The van der Waals surface area contributed by atoms with E-state index in [2.05, 4.69) is 28.7 Å². The number of benzene rings is 1. The van der Waals surface area contributed by atoms with Crippen molar-refractivity contribution in [1.29, 1.82) is 0 Å². The molecule has 1 N–H and O–H groups in total. The number of amides is 2. The second-order valence-electron chi connectivity index (χ2n) is 6.27. The van der Waals surface area contributed by atoms with Gasteiger partial charge in [0.2, 0.25) is 0 Å². The molecule has 2 aromatic rings. The van der Waals surface area contributed by atoms with Crippen molar-refractivity contribution in [2.45, 2.75) is 26.3 Å². The minimum absolute atomic E-state index is 0.220. The second-order valence-corrected chi connectivity index (χ2v) is 6.27. The van der Waals surface area contributed by atoms with Crippen LogP contribution < -0.4 is 5.32 Å². The lowest BCUT2D eigenvalue weighted by atomic mass is 10.0. The van der Waals surface area contributed by atoms with Crippen LogP contribution in [0.4, 0.5) is 14.9 Å². The van der Waals surface area contributed by atoms with Crippen LogP contribution in [0.5, 0.6) is 0 Å². The van der Waals surface area contributed by atoms with Gasteiger partial charge in [-0.05, 0) is 12.1 Å². The molecule has 1 fully saturated rings. The predicted molar refractivity (Wildman–Crippen MR) is 86.8 cm³/mol. The van der Waals surface area contributed by atoms with Crippen molar-refractivity contribution in [2.24, 2.45) is 5.92 Å². The highest BCUT2D eigenvalue weighted by Crippen LogP contribution is 2.22. The van der Waals surface area contributed by atoms with Crippen molar-refractivity contribution in [1.82, 2.24) is 14.5 Å². The number of hydrogen-bond donors (Lipinski definition) is 1. The van der Waals surface area contributed by atoms with Crippen molar-refractivity contribution in [3.05, 3.63) is 48.3 Å². The van der Waals surface area contributed by atoms with E-state index in [4.69, 9.17) is 0 Å². The minimum Gasteiger partial charge on any atom is -0.334 e. The molecule has 1 aromatic heterocycles. The first-order valence-electron chi connectivity index (χ1n) is 7.86. The summed E-state index contributed by atoms with van der Waals surface area (Å²) in [5.41, 5.74) is 0.220. The first-order valence-corrected chi connectivity index (χ1v) is 7.86. The monoisotopic (exact) mass is 316 g/mol. The van der Waals surface area contributed by atoms with E-state index in [1.807, 2.05) is 12.4 Å². The van der Waals surface area contributed by atoms with E-state index in [0.29, 0.717) is 24.9 Å². The largest absolute Gasteiger partial charge is 0.334 e. The summed E-state index contributed by atoms with van der Waals surface area (Å²) in [5, 5.41) is 2.61. The Bertz CT molecular complexity index is 691. The average Bonchev–Trinajstić information content (AvgIpc) is 2.93. The number of anilines is 1. The van der Waals surface area contributed by atoms with Crippen molar-refractivity contribution in [2.75, 3.05) is 18.4 Å². The topological polar surface area (TPSA) is 50.2 Å². The number of imidazole rings is 1. The molecule has 0 bridgehead atoms. The average molecular weight is 316 g/mol. The fraction of sp³-hybridized carbons (Fsp3) is 0.412. The van der Waals surface area contributed by atoms with Crippen LogP contribution in [0, 0.1) is 11.7 Å². The summed E-state index contributed by atoms with van der Waals surface area (Å²) in [6.45, 7) is 6.45. The number of aromatic nitrogens is 2. The normalized spacial score (nSPS) is 14.9. The molecule has 1 aliphatic heterocycles. The van der Waals surface area contributed by atoms with Gasteiger partial charge in [-0.2, -0.15) is 0 Å². The van der Waals surface area contributed by atoms with E-state index in [9.17, 15) is 9.18 Å². The molecule has 0 aliphatic carbocycles. The SMILES string of the molecule is CC(C)c1nccn1CC1CN(C(=O)Nc2ccccc2F)C1. The number of rotatable bonds is 4. The molecule has 0 atom stereocenters. The molecule has 6 heteroatoms. The number of carbonyl (C=O) groups is 1. The third-order valence-corrected chi connectivity index (χ3v) is 4.08. The minimum atomic E-state index is -0.419. The maximum atomic E-state index is 13.5. The van der Waals surface area contributed by atoms with Crippen LogP contribution in [0.3, 0.4) is 0 Å². The van der Waals surface area contributed by atoms with Gasteiger partial charge in [0.05, 0.1) is 5.69 Å². The fourth-order valence-electron chi connectivity index (χ4n) is 2.86. The van der Waals surface area contributed by atoms with Gasteiger partial charge in [-0.15, -0.1) is 0 Å². The number of likely N-dealkylation sites (tertiary alicyclic amines) is 1. The number of halogens is 1. The van der Waals surface area contributed by atoms with Gasteiger partial charge in [-0.25, -0.2) is 14.2 Å². The zero-order valence-corrected chi connectivity index (χ0v) is 13.4. The van der Waals surface area contributed by atoms with Crippen LogP contribution >= 0.6 is 0 Å². The molecular formula is C17H21FN4O. The molecule has 1 saturated heterocycles. The quantitative estimate of drug-likeness (QED) is 0.941. The van der Waals surface area contributed by atoms with Crippen LogP contribution in [0.25, 0.3) is 0 Å². The van der Waals surface area contributed by atoms with E-state index in [1.165, 1.54) is 6.07 Å². The summed E-state index contributed by atoms with van der Waals surface area (Å²) in [4.78, 5) is 18.2. The zero-order chi connectivity index (χ0) is 16.4. The smallest absolute Gasteiger partial charge is 0.321 e. The summed E-state index contributed by atoms with van der Waals surface area (Å²) < 4.78 is 15.7.